The minimum absolute atomic E-state index is 0.0311. The number of benzene rings is 1. The van der Waals surface area contributed by atoms with E-state index < -0.39 is 23.4 Å². The van der Waals surface area contributed by atoms with E-state index in [0.29, 0.717) is 17.1 Å². The first-order valence-corrected chi connectivity index (χ1v) is 8.41. The van der Waals surface area contributed by atoms with Crippen LogP contribution in [0.5, 0.6) is 11.5 Å². The van der Waals surface area contributed by atoms with Gasteiger partial charge in [0.05, 0.1) is 19.8 Å². The molecule has 1 aromatic heterocycles. The van der Waals surface area contributed by atoms with Gasteiger partial charge in [0.1, 0.15) is 11.4 Å². The summed E-state index contributed by atoms with van der Waals surface area (Å²) < 4.78 is 56.2. The summed E-state index contributed by atoms with van der Waals surface area (Å²) in [7, 11) is 2.95. The van der Waals surface area contributed by atoms with Gasteiger partial charge in [-0.1, -0.05) is 6.07 Å². The average molecular weight is 400 g/mol. The quantitative estimate of drug-likeness (QED) is 0.774. The average Bonchev–Trinajstić information content (AvgIpc) is 2.95. The van der Waals surface area contributed by atoms with Crippen LogP contribution in [0.15, 0.2) is 30.5 Å². The molecule has 0 bridgehead atoms. The van der Waals surface area contributed by atoms with Crippen LogP contribution in [-0.2, 0) is 17.5 Å². The Hall–Kier alpha value is -2.84. The highest BCUT2D eigenvalue weighted by Gasteiger charge is 2.33. The fraction of sp³-hybridized carbons (Fsp3) is 0.421. The molecule has 0 aliphatic rings. The van der Waals surface area contributed by atoms with E-state index in [1.165, 1.54) is 18.8 Å². The molecule has 6 nitrogen and oxygen atoms in total. The fourth-order valence-corrected chi connectivity index (χ4v) is 2.48. The van der Waals surface area contributed by atoms with Crippen molar-refractivity contribution >= 4 is 11.9 Å². The lowest BCUT2D eigenvalue weighted by Crippen LogP contribution is -2.28. The second kappa shape index (κ2) is 8.04. The number of hydrogen-bond acceptors (Lipinski definition) is 4. The van der Waals surface area contributed by atoms with Gasteiger partial charge in [0.25, 0.3) is 0 Å². The third-order valence-electron chi connectivity index (χ3n) is 3.65. The molecule has 0 saturated heterocycles. The Balaban J connectivity index is 2.34. The van der Waals surface area contributed by atoms with Crippen LogP contribution in [0, 0.1) is 0 Å². The maximum atomic E-state index is 13.2. The number of nitrogens with zero attached hydrogens (tertiary/aromatic N) is 1. The molecule has 1 aromatic carbocycles. The molecule has 0 fully saturated rings. The maximum absolute atomic E-state index is 13.2. The van der Waals surface area contributed by atoms with E-state index in [4.69, 9.17) is 14.2 Å². The summed E-state index contributed by atoms with van der Waals surface area (Å²) in [6.07, 6.45) is -4.45. The van der Waals surface area contributed by atoms with Crippen molar-refractivity contribution in [2.75, 3.05) is 19.5 Å². The van der Waals surface area contributed by atoms with Gasteiger partial charge in [0.15, 0.2) is 11.5 Å². The van der Waals surface area contributed by atoms with E-state index in [-0.39, 0.29) is 12.4 Å². The number of nitrogens with one attached hydrogen (secondary N) is 1. The lowest BCUT2D eigenvalue weighted by Gasteiger charge is -2.20. The lowest BCUT2D eigenvalue weighted by atomic mass is 10.2. The number of anilines is 1. The SMILES string of the molecule is COc1ccc(Cn2cc(C(F)(F)F)cc2NC(=O)OC(C)(C)C)cc1OC. The molecule has 154 valence electrons. The zero-order chi connectivity index (χ0) is 21.1. The third kappa shape index (κ3) is 5.58. The van der Waals surface area contributed by atoms with Gasteiger partial charge in [-0.2, -0.15) is 13.2 Å². The van der Waals surface area contributed by atoms with Crippen molar-refractivity contribution in [2.45, 2.75) is 39.1 Å². The first kappa shape index (κ1) is 21.5. The molecule has 2 aromatic rings. The Morgan fingerprint density at radius 2 is 1.71 bits per heavy atom. The zero-order valence-corrected chi connectivity index (χ0v) is 16.3. The van der Waals surface area contributed by atoms with Gasteiger partial charge >= 0.3 is 12.3 Å². The predicted molar refractivity (Wildman–Crippen MR) is 97.9 cm³/mol. The molecular weight excluding hydrogens is 377 g/mol. The highest BCUT2D eigenvalue weighted by Crippen LogP contribution is 2.33. The molecule has 2 rings (SSSR count). The van der Waals surface area contributed by atoms with E-state index in [2.05, 4.69) is 5.32 Å². The Kier molecular flexibility index (Phi) is 6.16. The monoisotopic (exact) mass is 400 g/mol. The molecule has 9 heteroatoms. The molecule has 0 aliphatic heterocycles. The first-order valence-electron chi connectivity index (χ1n) is 8.41. The molecular formula is C19H23F3N2O4. The second-order valence-corrected chi connectivity index (χ2v) is 7.06. The fourth-order valence-electron chi connectivity index (χ4n) is 2.48. The highest BCUT2D eigenvalue weighted by atomic mass is 19.4. The number of ether oxygens (including phenoxy) is 3. The summed E-state index contributed by atoms with van der Waals surface area (Å²) in [5, 5.41) is 2.38. The van der Waals surface area contributed by atoms with E-state index in [1.54, 1.807) is 39.0 Å². The molecule has 1 heterocycles. The van der Waals surface area contributed by atoms with Gasteiger partial charge in [-0.3, -0.25) is 5.32 Å². The van der Waals surface area contributed by atoms with Crippen LogP contribution in [0.2, 0.25) is 0 Å². The third-order valence-corrected chi connectivity index (χ3v) is 3.65. The minimum atomic E-state index is -4.55. The summed E-state index contributed by atoms with van der Waals surface area (Å²) in [5.41, 5.74) is -0.995. The Morgan fingerprint density at radius 3 is 2.25 bits per heavy atom. The number of aromatic nitrogens is 1. The van der Waals surface area contributed by atoms with Crippen LogP contribution in [0.25, 0.3) is 0 Å². The van der Waals surface area contributed by atoms with Crippen molar-refractivity contribution in [1.82, 2.24) is 4.57 Å². The number of halogens is 3. The van der Waals surface area contributed by atoms with Crippen LogP contribution < -0.4 is 14.8 Å². The number of carbonyl (C=O) groups is 1. The number of alkyl halides is 3. The highest BCUT2D eigenvalue weighted by molar-refractivity contribution is 5.84. The smallest absolute Gasteiger partial charge is 0.417 e. The maximum Gasteiger partial charge on any atom is 0.417 e. The number of carbonyl (C=O) groups excluding carboxylic acids is 1. The molecule has 0 saturated carbocycles. The zero-order valence-electron chi connectivity index (χ0n) is 16.3. The molecule has 0 aliphatic carbocycles. The van der Waals surface area contributed by atoms with Crippen LogP contribution in [0.3, 0.4) is 0 Å². The van der Waals surface area contributed by atoms with Crippen molar-refractivity contribution in [3.63, 3.8) is 0 Å². The van der Waals surface area contributed by atoms with Gasteiger partial charge in [0.2, 0.25) is 0 Å². The normalized spacial score (nSPS) is 11.9. The Labute approximate surface area is 161 Å². The molecule has 0 atom stereocenters. The van der Waals surface area contributed by atoms with Gasteiger partial charge in [-0.15, -0.1) is 0 Å². The molecule has 0 unspecified atom stereocenters. The minimum Gasteiger partial charge on any atom is -0.493 e. The number of hydrogen-bond donors (Lipinski definition) is 1. The Bertz CT molecular complexity index is 839. The van der Waals surface area contributed by atoms with Crippen molar-refractivity contribution < 1.29 is 32.2 Å². The molecule has 28 heavy (non-hydrogen) atoms. The predicted octanol–water partition coefficient (Wildman–Crippen LogP) is 4.92. The number of rotatable bonds is 5. The Morgan fingerprint density at radius 1 is 1.07 bits per heavy atom. The first-order chi connectivity index (χ1) is 12.9. The lowest BCUT2D eigenvalue weighted by molar-refractivity contribution is -0.137. The van der Waals surface area contributed by atoms with Crippen LogP contribution in [0.1, 0.15) is 31.9 Å². The topological polar surface area (TPSA) is 61.7 Å². The van der Waals surface area contributed by atoms with Gasteiger partial charge in [-0.05, 0) is 44.5 Å². The number of methoxy groups -OCH3 is 2. The molecule has 1 amide bonds. The van der Waals surface area contributed by atoms with Crippen LogP contribution >= 0.6 is 0 Å². The standard InChI is InChI=1S/C19H23F3N2O4/c1-18(2,3)28-17(25)23-16-9-13(19(20,21)22)11-24(16)10-12-6-7-14(26-4)15(8-12)27-5/h6-9,11H,10H2,1-5H3,(H,23,25). The van der Waals surface area contributed by atoms with Crippen molar-refractivity contribution in [3.8, 4) is 11.5 Å². The van der Waals surface area contributed by atoms with Gasteiger partial charge in [0, 0.05) is 12.7 Å². The summed E-state index contributed by atoms with van der Waals surface area (Å²) >= 11 is 0. The van der Waals surface area contributed by atoms with Crippen LogP contribution in [-0.4, -0.2) is 30.5 Å². The van der Waals surface area contributed by atoms with Crippen LogP contribution in [0.4, 0.5) is 23.8 Å². The summed E-state index contributed by atoms with van der Waals surface area (Å²) in [4.78, 5) is 12.0. The van der Waals surface area contributed by atoms with Gasteiger partial charge in [-0.25, -0.2) is 4.79 Å². The van der Waals surface area contributed by atoms with E-state index >= 15 is 0 Å². The molecule has 1 N–H and O–H groups in total. The summed E-state index contributed by atoms with van der Waals surface area (Å²) in [5.74, 6) is 0.919. The summed E-state index contributed by atoms with van der Waals surface area (Å²) in [6.45, 7) is 5.06. The van der Waals surface area contributed by atoms with Gasteiger partial charge < -0.3 is 18.8 Å². The molecule has 0 radical (unpaired) electrons. The largest absolute Gasteiger partial charge is 0.493 e. The van der Waals surface area contributed by atoms with E-state index in [9.17, 15) is 18.0 Å². The van der Waals surface area contributed by atoms with E-state index in [1.807, 2.05) is 0 Å². The van der Waals surface area contributed by atoms with Crippen molar-refractivity contribution in [3.05, 3.63) is 41.6 Å². The van der Waals surface area contributed by atoms with Crippen molar-refractivity contribution in [1.29, 1.82) is 0 Å². The summed E-state index contributed by atoms with van der Waals surface area (Å²) in [6, 6.07) is 5.88. The molecule has 0 spiro atoms. The number of amides is 1. The second-order valence-electron chi connectivity index (χ2n) is 7.06. The van der Waals surface area contributed by atoms with Crippen molar-refractivity contribution in [2.24, 2.45) is 0 Å². The van der Waals surface area contributed by atoms with E-state index in [0.717, 1.165) is 12.3 Å².